The summed E-state index contributed by atoms with van der Waals surface area (Å²) in [6, 6.07) is -0.0464. The van der Waals surface area contributed by atoms with Crippen LogP contribution >= 0.6 is 0 Å². The molecule has 0 saturated heterocycles. The Bertz CT molecular complexity index is 164. The molecule has 0 aromatic rings. The van der Waals surface area contributed by atoms with Crippen LogP contribution in [0.5, 0.6) is 0 Å². The van der Waals surface area contributed by atoms with E-state index in [-0.39, 0.29) is 18.1 Å². The first-order chi connectivity index (χ1) is 6.60. The van der Waals surface area contributed by atoms with Gasteiger partial charge >= 0.3 is 0 Å². The Labute approximate surface area is 86.7 Å². The third-order valence-corrected chi connectivity index (χ3v) is 1.68. The fourth-order valence-corrected chi connectivity index (χ4v) is 0.971. The highest BCUT2D eigenvalue weighted by molar-refractivity contribution is 6.19. The average Bonchev–Trinajstić information content (AvgIpc) is 2.14. The van der Waals surface area contributed by atoms with Gasteiger partial charge in [-0.1, -0.05) is 0 Å². The first-order valence-electron chi connectivity index (χ1n) is 5.00. The molecule has 1 N–H and O–H groups in total. The highest BCUT2D eigenvalue weighted by Crippen LogP contribution is 1.93. The molecule has 14 heavy (non-hydrogen) atoms. The summed E-state index contributed by atoms with van der Waals surface area (Å²) in [4.78, 5) is 11.1. The van der Waals surface area contributed by atoms with Crippen molar-refractivity contribution in [1.29, 1.82) is 0 Å². The Balaban J connectivity index is 3.82. The second-order valence-electron chi connectivity index (χ2n) is 3.46. The van der Waals surface area contributed by atoms with Crippen molar-refractivity contribution >= 4 is 13.8 Å². The molecular formula is C9H20BNO3. The van der Waals surface area contributed by atoms with Crippen LogP contribution in [0, 0.1) is 0 Å². The van der Waals surface area contributed by atoms with Crippen molar-refractivity contribution in [2.45, 2.75) is 32.3 Å². The van der Waals surface area contributed by atoms with E-state index >= 15 is 0 Å². The van der Waals surface area contributed by atoms with Crippen molar-refractivity contribution in [2.24, 2.45) is 0 Å². The quantitative estimate of drug-likeness (QED) is 0.570. The maximum absolute atomic E-state index is 11.1. The summed E-state index contributed by atoms with van der Waals surface area (Å²) in [6.07, 6.45) is 0.662. The minimum Gasteiger partial charge on any atom is -0.382 e. The molecule has 0 saturated carbocycles. The van der Waals surface area contributed by atoms with Crippen molar-refractivity contribution in [1.82, 2.24) is 5.32 Å². The van der Waals surface area contributed by atoms with E-state index in [0.717, 1.165) is 0 Å². The smallest absolute Gasteiger partial charge is 0.212 e. The molecular weight excluding hydrogens is 181 g/mol. The first kappa shape index (κ1) is 13.5. The maximum atomic E-state index is 11.1. The molecule has 0 bridgehead atoms. The predicted octanol–water partition coefficient (Wildman–Crippen LogP) is -0.406. The highest BCUT2D eigenvalue weighted by Gasteiger charge is 2.11. The van der Waals surface area contributed by atoms with Gasteiger partial charge in [-0.3, -0.25) is 4.79 Å². The number of carbonyl (C=O) groups excluding carboxylic acids is 1. The van der Waals surface area contributed by atoms with E-state index in [1.165, 1.54) is 0 Å². The number of hydrogen-bond donors (Lipinski definition) is 1. The Kier molecular flexibility index (Phi) is 7.52. The van der Waals surface area contributed by atoms with Gasteiger partial charge < -0.3 is 14.8 Å². The monoisotopic (exact) mass is 201 g/mol. The standard InChI is InChI=1S/C9H20BNO3/c1-7(2)14-6-8(5-13-3)11-9(12)4-10/h7-8H,4-6,10H2,1-3H3,(H,11,12)/t8-/m0/s1. The molecule has 1 amide bonds. The lowest BCUT2D eigenvalue weighted by atomic mass is 10.0. The second-order valence-corrected chi connectivity index (χ2v) is 3.46. The SMILES string of the molecule is BCC(=O)N[C@@H](COC)COC(C)C. The molecule has 0 radical (unpaired) electrons. The molecule has 0 aromatic carbocycles. The summed E-state index contributed by atoms with van der Waals surface area (Å²) in [5.74, 6) is 0.0272. The molecule has 0 aliphatic carbocycles. The number of hydrogen-bond acceptors (Lipinski definition) is 3. The lowest BCUT2D eigenvalue weighted by molar-refractivity contribution is -0.120. The molecule has 0 aliphatic rings. The number of methoxy groups -OCH3 is 1. The van der Waals surface area contributed by atoms with Gasteiger partial charge in [0.25, 0.3) is 0 Å². The summed E-state index contributed by atoms with van der Waals surface area (Å²) in [6.45, 7) is 4.91. The normalized spacial score (nSPS) is 12.9. The lowest BCUT2D eigenvalue weighted by Crippen LogP contribution is -2.41. The summed E-state index contributed by atoms with van der Waals surface area (Å²) in [5.41, 5.74) is 0. The second kappa shape index (κ2) is 7.82. The molecule has 0 heterocycles. The van der Waals surface area contributed by atoms with Crippen LogP contribution in [0.1, 0.15) is 13.8 Å². The topological polar surface area (TPSA) is 47.6 Å². The summed E-state index contributed by atoms with van der Waals surface area (Å²) in [5, 5.41) is 2.83. The Morgan fingerprint density at radius 2 is 2.07 bits per heavy atom. The molecule has 1 atom stereocenters. The lowest BCUT2D eigenvalue weighted by Gasteiger charge is -2.19. The first-order valence-corrected chi connectivity index (χ1v) is 5.00. The molecule has 5 heteroatoms. The predicted molar refractivity (Wildman–Crippen MR) is 58.2 cm³/mol. The summed E-state index contributed by atoms with van der Waals surface area (Å²) < 4.78 is 10.4. The van der Waals surface area contributed by atoms with Gasteiger partial charge in [0, 0.05) is 7.11 Å². The van der Waals surface area contributed by atoms with E-state index in [1.54, 1.807) is 7.11 Å². The highest BCUT2D eigenvalue weighted by atomic mass is 16.5. The van der Waals surface area contributed by atoms with Crippen LogP contribution in [-0.2, 0) is 14.3 Å². The van der Waals surface area contributed by atoms with E-state index in [2.05, 4.69) is 5.32 Å². The van der Waals surface area contributed by atoms with Gasteiger partial charge in [0.1, 0.15) is 7.85 Å². The van der Waals surface area contributed by atoms with Gasteiger partial charge in [-0.25, -0.2) is 0 Å². The van der Waals surface area contributed by atoms with Crippen LogP contribution in [0.25, 0.3) is 0 Å². The van der Waals surface area contributed by atoms with Crippen molar-refractivity contribution in [3.63, 3.8) is 0 Å². The van der Waals surface area contributed by atoms with Crippen LogP contribution < -0.4 is 5.32 Å². The molecule has 0 fully saturated rings. The van der Waals surface area contributed by atoms with Crippen molar-refractivity contribution in [3.05, 3.63) is 0 Å². The minimum absolute atomic E-state index is 0.0272. The van der Waals surface area contributed by atoms with Gasteiger partial charge in [-0.2, -0.15) is 0 Å². The summed E-state index contributed by atoms with van der Waals surface area (Å²) >= 11 is 0. The number of ether oxygens (including phenoxy) is 2. The van der Waals surface area contributed by atoms with Crippen LogP contribution in [0.3, 0.4) is 0 Å². The van der Waals surface area contributed by atoms with E-state index in [0.29, 0.717) is 19.5 Å². The Hall–Kier alpha value is -0.545. The molecule has 4 nitrogen and oxygen atoms in total. The molecule has 0 rings (SSSR count). The number of amides is 1. The van der Waals surface area contributed by atoms with Crippen LogP contribution in [0.2, 0.25) is 6.32 Å². The van der Waals surface area contributed by atoms with Crippen molar-refractivity contribution < 1.29 is 14.3 Å². The van der Waals surface area contributed by atoms with Gasteiger partial charge in [0.05, 0.1) is 25.4 Å². The van der Waals surface area contributed by atoms with E-state index in [9.17, 15) is 4.79 Å². The maximum Gasteiger partial charge on any atom is 0.212 e. The van der Waals surface area contributed by atoms with Gasteiger partial charge in [0.2, 0.25) is 5.91 Å². The molecule has 0 aromatic heterocycles. The zero-order chi connectivity index (χ0) is 11.0. The molecule has 0 aliphatic heterocycles. The average molecular weight is 201 g/mol. The minimum atomic E-state index is -0.0464. The number of nitrogens with one attached hydrogen (secondary N) is 1. The fraction of sp³-hybridized carbons (Fsp3) is 0.889. The van der Waals surface area contributed by atoms with Crippen molar-refractivity contribution in [2.75, 3.05) is 20.3 Å². The van der Waals surface area contributed by atoms with Gasteiger partial charge in [-0.15, -0.1) is 0 Å². The third kappa shape index (κ3) is 6.92. The molecule has 0 spiro atoms. The molecule has 82 valence electrons. The van der Waals surface area contributed by atoms with E-state index in [1.807, 2.05) is 21.7 Å². The van der Waals surface area contributed by atoms with Crippen LogP contribution in [-0.4, -0.2) is 46.2 Å². The van der Waals surface area contributed by atoms with Gasteiger partial charge in [-0.05, 0) is 20.2 Å². The van der Waals surface area contributed by atoms with E-state index in [4.69, 9.17) is 9.47 Å². The van der Waals surface area contributed by atoms with Crippen molar-refractivity contribution in [3.8, 4) is 0 Å². The van der Waals surface area contributed by atoms with Crippen LogP contribution in [0.15, 0.2) is 0 Å². The molecule has 0 unspecified atom stereocenters. The fourth-order valence-electron chi connectivity index (χ4n) is 0.971. The van der Waals surface area contributed by atoms with E-state index < -0.39 is 0 Å². The number of rotatable bonds is 7. The van der Waals surface area contributed by atoms with Crippen LogP contribution in [0.4, 0.5) is 0 Å². The third-order valence-electron chi connectivity index (χ3n) is 1.68. The summed E-state index contributed by atoms with van der Waals surface area (Å²) in [7, 11) is 3.43. The Morgan fingerprint density at radius 3 is 2.50 bits per heavy atom. The zero-order valence-corrected chi connectivity index (χ0v) is 9.50. The van der Waals surface area contributed by atoms with Gasteiger partial charge in [0.15, 0.2) is 0 Å². The number of carbonyl (C=O) groups is 1. The largest absolute Gasteiger partial charge is 0.382 e. The zero-order valence-electron chi connectivity index (χ0n) is 9.50. The Morgan fingerprint density at radius 1 is 1.43 bits per heavy atom.